The predicted molar refractivity (Wildman–Crippen MR) is 101 cm³/mol. The van der Waals surface area contributed by atoms with E-state index in [-0.39, 0.29) is 6.54 Å². The third-order valence-corrected chi connectivity index (χ3v) is 3.84. The molecule has 2 aromatic carbocycles. The van der Waals surface area contributed by atoms with Crippen LogP contribution in [0.4, 0.5) is 10.1 Å². The number of methoxy groups -OCH3 is 1. The second-order valence-electron chi connectivity index (χ2n) is 5.69. The zero-order chi connectivity index (χ0) is 20.5. The minimum atomic E-state index is -0.750. The number of nitrogens with one attached hydrogen (secondary N) is 1. The Kier molecular flexibility index (Phi) is 7.50. The second-order valence-corrected chi connectivity index (χ2v) is 5.69. The third kappa shape index (κ3) is 5.80. The Labute approximate surface area is 162 Å². The summed E-state index contributed by atoms with van der Waals surface area (Å²) in [6.07, 6.45) is 0. The highest BCUT2D eigenvalue weighted by Crippen LogP contribution is 2.15. The van der Waals surface area contributed by atoms with Crippen molar-refractivity contribution >= 4 is 23.5 Å². The molecule has 2 amide bonds. The van der Waals surface area contributed by atoms with E-state index in [0.717, 1.165) is 0 Å². The second kappa shape index (κ2) is 10.1. The molecule has 0 atom stereocenters. The average molecular weight is 388 g/mol. The lowest BCUT2D eigenvalue weighted by Gasteiger charge is -2.20. The van der Waals surface area contributed by atoms with Gasteiger partial charge < -0.3 is 19.7 Å². The van der Waals surface area contributed by atoms with Gasteiger partial charge >= 0.3 is 5.97 Å². The molecule has 0 radical (unpaired) electrons. The van der Waals surface area contributed by atoms with Crippen molar-refractivity contribution in [3.8, 4) is 5.75 Å². The largest absolute Gasteiger partial charge is 0.497 e. The molecule has 8 heteroatoms. The van der Waals surface area contributed by atoms with Crippen LogP contribution in [-0.2, 0) is 14.3 Å². The standard InChI is InChI=1S/C20H21FN2O5/c1-3-23(16-9-7-15(21)8-10-16)18(24)13-28-19(25)12-22-20(26)14-5-4-6-17(11-14)27-2/h4-11H,3,12-13H2,1-2H3,(H,22,26). The molecule has 2 aromatic rings. The minimum Gasteiger partial charge on any atom is -0.497 e. The first-order valence-electron chi connectivity index (χ1n) is 8.58. The predicted octanol–water partition coefficient (Wildman–Crippen LogP) is 2.16. The maximum Gasteiger partial charge on any atom is 0.325 e. The van der Waals surface area contributed by atoms with Crippen molar-refractivity contribution in [1.29, 1.82) is 0 Å². The Balaban J connectivity index is 1.83. The number of esters is 1. The van der Waals surface area contributed by atoms with Gasteiger partial charge in [-0.05, 0) is 49.4 Å². The van der Waals surface area contributed by atoms with Crippen molar-refractivity contribution in [2.75, 3.05) is 31.7 Å². The maximum atomic E-state index is 13.0. The molecule has 0 bridgehead atoms. The van der Waals surface area contributed by atoms with Crippen LogP contribution < -0.4 is 15.0 Å². The number of rotatable bonds is 8. The first-order chi connectivity index (χ1) is 13.4. The summed E-state index contributed by atoms with van der Waals surface area (Å²) in [7, 11) is 1.48. The number of carbonyl (C=O) groups is 3. The van der Waals surface area contributed by atoms with Crippen LogP contribution in [0.5, 0.6) is 5.75 Å². The Morgan fingerprint density at radius 3 is 2.46 bits per heavy atom. The molecular weight excluding hydrogens is 367 g/mol. The lowest BCUT2D eigenvalue weighted by atomic mass is 10.2. The van der Waals surface area contributed by atoms with Gasteiger partial charge in [-0.25, -0.2) is 4.39 Å². The van der Waals surface area contributed by atoms with Crippen LogP contribution in [-0.4, -0.2) is 44.6 Å². The van der Waals surface area contributed by atoms with Crippen LogP contribution >= 0.6 is 0 Å². The van der Waals surface area contributed by atoms with E-state index >= 15 is 0 Å². The highest BCUT2D eigenvalue weighted by Gasteiger charge is 2.17. The van der Waals surface area contributed by atoms with Crippen LogP contribution in [0.1, 0.15) is 17.3 Å². The van der Waals surface area contributed by atoms with Gasteiger partial charge in [0, 0.05) is 17.8 Å². The number of carbonyl (C=O) groups excluding carboxylic acids is 3. The fourth-order valence-corrected chi connectivity index (χ4v) is 2.41. The van der Waals surface area contributed by atoms with Gasteiger partial charge in [-0.2, -0.15) is 0 Å². The number of likely N-dealkylation sites (N-methyl/N-ethyl adjacent to an activating group) is 1. The van der Waals surface area contributed by atoms with E-state index in [1.165, 1.54) is 42.3 Å². The van der Waals surface area contributed by atoms with E-state index in [2.05, 4.69) is 5.32 Å². The molecule has 1 N–H and O–H groups in total. The molecule has 0 spiro atoms. The van der Waals surface area contributed by atoms with Gasteiger partial charge in [-0.1, -0.05) is 6.07 Å². The van der Waals surface area contributed by atoms with Gasteiger partial charge in [0.1, 0.15) is 18.1 Å². The van der Waals surface area contributed by atoms with Crippen molar-refractivity contribution in [1.82, 2.24) is 5.32 Å². The zero-order valence-corrected chi connectivity index (χ0v) is 15.6. The summed E-state index contributed by atoms with van der Waals surface area (Å²) in [5.41, 5.74) is 0.827. The zero-order valence-electron chi connectivity index (χ0n) is 15.6. The van der Waals surface area contributed by atoms with Crippen molar-refractivity contribution in [2.24, 2.45) is 0 Å². The third-order valence-electron chi connectivity index (χ3n) is 3.84. The summed E-state index contributed by atoms with van der Waals surface area (Å²) in [4.78, 5) is 37.5. The average Bonchev–Trinajstić information content (AvgIpc) is 2.72. The number of anilines is 1. The molecule has 0 aliphatic carbocycles. The number of halogens is 1. The Morgan fingerprint density at radius 2 is 1.82 bits per heavy atom. The van der Waals surface area contributed by atoms with E-state index in [0.29, 0.717) is 23.5 Å². The lowest BCUT2D eigenvalue weighted by Crippen LogP contribution is -2.36. The van der Waals surface area contributed by atoms with Crippen molar-refractivity contribution < 1.29 is 28.2 Å². The van der Waals surface area contributed by atoms with E-state index in [1.54, 1.807) is 25.1 Å². The first kappa shape index (κ1) is 20.9. The molecule has 0 aliphatic heterocycles. The summed E-state index contributed by atoms with van der Waals surface area (Å²) >= 11 is 0. The summed E-state index contributed by atoms with van der Waals surface area (Å²) in [5, 5.41) is 2.42. The van der Waals surface area contributed by atoms with Gasteiger partial charge in [0.2, 0.25) is 0 Å². The van der Waals surface area contributed by atoms with Gasteiger partial charge in [0.15, 0.2) is 6.61 Å². The van der Waals surface area contributed by atoms with Gasteiger partial charge in [-0.15, -0.1) is 0 Å². The summed E-state index contributed by atoms with van der Waals surface area (Å²) in [5.74, 6) is -1.57. The molecule has 2 rings (SSSR count). The number of nitrogens with zero attached hydrogens (tertiary/aromatic N) is 1. The molecule has 0 aromatic heterocycles. The summed E-state index contributed by atoms with van der Waals surface area (Å²) in [6, 6.07) is 11.9. The van der Waals surface area contributed by atoms with E-state index in [9.17, 15) is 18.8 Å². The molecule has 0 aliphatic rings. The van der Waals surface area contributed by atoms with Crippen LogP contribution in [0, 0.1) is 5.82 Å². The Hall–Kier alpha value is -3.42. The molecule has 7 nitrogen and oxygen atoms in total. The minimum absolute atomic E-state index is 0.328. The fourth-order valence-electron chi connectivity index (χ4n) is 2.41. The number of amides is 2. The molecule has 148 valence electrons. The molecule has 28 heavy (non-hydrogen) atoms. The van der Waals surface area contributed by atoms with Gasteiger partial charge in [-0.3, -0.25) is 14.4 Å². The normalized spacial score (nSPS) is 10.1. The molecule has 0 unspecified atom stereocenters. The summed E-state index contributed by atoms with van der Waals surface area (Å²) < 4.78 is 23.0. The number of benzene rings is 2. The Morgan fingerprint density at radius 1 is 1.11 bits per heavy atom. The molecule has 0 saturated heterocycles. The quantitative estimate of drug-likeness (QED) is 0.701. The first-order valence-corrected chi connectivity index (χ1v) is 8.58. The van der Waals surface area contributed by atoms with Crippen LogP contribution in [0.2, 0.25) is 0 Å². The lowest BCUT2D eigenvalue weighted by molar-refractivity contribution is -0.146. The van der Waals surface area contributed by atoms with Crippen molar-refractivity contribution in [2.45, 2.75) is 6.92 Å². The van der Waals surface area contributed by atoms with Crippen LogP contribution in [0.25, 0.3) is 0 Å². The number of hydrogen-bond acceptors (Lipinski definition) is 5. The monoisotopic (exact) mass is 388 g/mol. The SMILES string of the molecule is CCN(C(=O)COC(=O)CNC(=O)c1cccc(OC)c1)c1ccc(F)cc1. The van der Waals surface area contributed by atoms with E-state index in [1.807, 2.05) is 0 Å². The molecule has 0 fully saturated rings. The van der Waals surface area contributed by atoms with Gasteiger partial charge in [0.05, 0.1) is 7.11 Å². The fraction of sp³-hybridized carbons (Fsp3) is 0.250. The number of hydrogen-bond donors (Lipinski definition) is 1. The smallest absolute Gasteiger partial charge is 0.325 e. The summed E-state index contributed by atoms with van der Waals surface area (Å²) in [6.45, 7) is 1.21. The van der Waals surface area contributed by atoms with Crippen molar-refractivity contribution in [3.63, 3.8) is 0 Å². The highest BCUT2D eigenvalue weighted by molar-refractivity contribution is 5.97. The topological polar surface area (TPSA) is 84.9 Å². The molecular formula is C20H21FN2O5. The maximum absolute atomic E-state index is 13.0. The van der Waals surface area contributed by atoms with Crippen LogP contribution in [0.3, 0.4) is 0 Å². The highest BCUT2D eigenvalue weighted by atomic mass is 19.1. The number of ether oxygens (including phenoxy) is 2. The molecule has 0 saturated carbocycles. The van der Waals surface area contributed by atoms with E-state index in [4.69, 9.17) is 9.47 Å². The Bertz CT molecular complexity index is 839. The van der Waals surface area contributed by atoms with Crippen LogP contribution in [0.15, 0.2) is 48.5 Å². The van der Waals surface area contributed by atoms with E-state index < -0.39 is 30.2 Å². The van der Waals surface area contributed by atoms with Gasteiger partial charge in [0.25, 0.3) is 11.8 Å². The van der Waals surface area contributed by atoms with Crippen molar-refractivity contribution in [3.05, 3.63) is 59.9 Å². The molecule has 0 heterocycles.